The van der Waals surface area contributed by atoms with E-state index in [4.69, 9.17) is 9.47 Å². The molecule has 12 nitrogen and oxygen atoms in total. The van der Waals surface area contributed by atoms with Gasteiger partial charge in [-0.1, -0.05) is 19.1 Å². The van der Waals surface area contributed by atoms with Gasteiger partial charge in [0, 0.05) is 31.0 Å². The van der Waals surface area contributed by atoms with Gasteiger partial charge in [0.2, 0.25) is 0 Å². The van der Waals surface area contributed by atoms with Crippen molar-refractivity contribution < 1.29 is 54.5 Å². The maximum atomic E-state index is 12.8. The largest absolute Gasteiger partial charge is 0.504 e. The van der Waals surface area contributed by atoms with Gasteiger partial charge < -0.3 is 45.4 Å². The standard InChI is InChI=1S/C29H33NO11/c1-3-16(2)30-28(38)29(39)14-23(35)27(41-26(37)11-7-18-5-9-20(32)22(34)13-18)24(15-29)40-25(36)10-6-17-4-8-19(31)21(33)12-17/h4-13,16,23-24,27,31-35,39H,3,14-15H2,1-2H3,(H,30,38)/b10-6+,11-7+/t16?,23-,24-,27-,29+/m1/s1. The number of esters is 2. The molecule has 0 heterocycles. The van der Waals surface area contributed by atoms with Gasteiger partial charge in [-0.25, -0.2) is 9.59 Å². The number of ether oxygens (including phenoxy) is 2. The van der Waals surface area contributed by atoms with E-state index in [1.165, 1.54) is 48.6 Å². The lowest BCUT2D eigenvalue weighted by molar-refractivity contribution is -0.198. The maximum absolute atomic E-state index is 12.8. The Bertz CT molecular complexity index is 1340. The highest BCUT2D eigenvalue weighted by atomic mass is 16.6. The lowest BCUT2D eigenvalue weighted by Crippen LogP contribution is -2.61. The molecule has 1 aliphatic rings. The molecule has 0 aliphatic heterocycles. The van der Waals surface area contributed by atoms with E-state index in [1.54, 1.807) is 6.92 Å². The van der Waals surface area contributed by atoms with Gasteiger partial charge in [-0.3, -0.25) is 4.79 Å². The Hall–Kier alpha value is -4.55. The molecule has 12 heteroatoms. The molecule has 0 bridgehead atoms. The minimum Gasteiger partial charge on any atom is -0.504 e. The molecule has 41 heavy (non-hydrogen) atoms. The van der Waals surface area contributed by atoms with E-state index in [9.17, 15) is 45.0 Å². The number of carbonyl (C=O) groups excluding carboxylic acids is 3. The second-order valence-corrected chi connectivity index (χ2v) is 9.83. The first kappa shape index (κ1) is 31.0. The Balaban J connectivity index is 1.80. The summed E-state index contributed by atoms with van der Waals surface area (Å²) in [5, 5.41) is 62.7. The van der Waals surface area contributed by atoms with Gasteiger partial charge in [0.25, 0.3) is 5.91 Å². The van der Waals surface area contributed by atoms with Crippen LogP contribution in [0, 0.1) is 0 Å². The molecule has 0 spiro atoms. The van der Waals surface area contributed by atoms with Gasteiger partial charge in [-0.15, -0.1) is 0 Å². The van der Waals surface area contributed by atoms with Crippen molar-refractivity contribution >= 4 is 30.0 Å². The van der Waals surface area contributed by atoms with Crippen molar-refractivity contribution in [2.24, 2.45) is 0 Å². The summed E-state index contributed by atoms with van der Waals surface area (Å²) in [6.45, 7) is 3.56. The van der Waals surface area contributed by atoms with Gasteiger partial charge in [0.1, 0.15) is 11.7 Å². The number of aromatic hydroxyl groups is 4. The number of hydrogen-bond donors (Lipinski definition) is 7. The van der Waals surface area contributed by atoms with Crippen LogP contribution in [-0.2, 0) is 23.9 Å². The van der Waals surface area contributed by atoms with Crippen LogP contribution in [0.25, 0.3) is 12.2 Å². The third kappa shape index (κ3) is 8.22. The topological polar surface area (TPSA) is 203 Å². The highest BCUT2D eigenvalue weighted by molar-refractivity contribution is 5.89. The molecule has 1 amide bonds. The highest BCUT2D eigenvalue weighted by Gasteiger charge is 2.52. The third-order valence-corrected chi connectivity index (χ3v) is 6.59. The minimum absolute atomic E-state index is 0.283. The number of aliphatic hydroxyl groups excluding tert-OH is 1. The molecule has 2 aromatic carbocycles. The van der Waals surface area contributed by atoms with Gasteiger partial charge in [0.15, 0.2) is 29.1 Å². The number of aliphatic hydroxyl groups is 2. The van der Waals surface area contributed by atoms with Crippen LogP contribution in [0.1, 0.15) is 44.2 Å². The number of phenols is 4. The Kier molecular flexibility index (Phi) is 9.98. The molecule has 5 atom stereocenters. The van der Waals surface area contributed by atoms with E-state index < -0.39 is 66.1 Å². The zero-order valence-electron chi connectivity index (χ0n) is 22.4. The molecule has 1 unspecified atom stereocenters. The number of rotatable bonds is 9. The molecule has 0 saturated heterocycles. The molecule has 0 radical (unpaired) electrons. The summed E-state index contributed by atoms with van der Waals surface area (Å²) in [7, 11) is 0. The summed E-state index contributed by atoms with van der Waals surface area (Å²) < 4.78 is 10.8. The first-order chi connectivity index (χ1) is 19.3. The van der Waals surface area contributed by atoms with Crippen molar-refractivity contribution in [3.63, 3.8) is 0 Å². The van der Waals surface area contributed by atoms with E-state index in [1.807, 2.05) is 6.92 Å². The summed E-state index contributed by atoms with van der Waals surface area (Å²) in [5.74, 6) is -4.20. The third-order valence-electron chi connectivity index (χ3n) is 6.59. The number of phenolic OH excluding ortho intramolecular Hbond substituents is 4. The van der Waals surface area contributed by atoms with Crippen LogP contribution >= 0.6 is 0 Å². The second-order valence-electron chi connectivity index (χ2n) is 9.83. The van der Waals surface area contributed by atoms with Gasteiger partial charge in [-0.05, 0) is 60.9 Å². The number of hydrogen-bond acceptors (Lipinski definition) is 11. The van der Waals surface area contributed by atoms with Crippen molar-refractivity contribution in [2.45, 2.75) is 63.1 Å². The smallest absolute Gasteiger partial charge is 0.331 e. The van der Waals surface area contributed by atoms with Gasteiger partial charge in [0.05, 0.1) is 6.10 Å². The molecule has 3 rings (SSSR count). The molecule has 2 aromatic rings. The van der Waals surface area contributed by atoms with E-state index in [0.717, 1.165) is 12.2 Å². The molecular formula is C29H33NO11. The Morgan fingerprint density at radius 2 is 1.41 bits per heavy atom. The van der Waals surface area contributed by atoms with Crippen molar-refractivity contribution in [2.75, 3.05) is 0 Å². The van der Waals surface area contributed by atoms with Gasteiger partial charge >= 0.3 is 11.9 Å². The van der Waals surface area contributed by atoms with Gasteiger partial charge in [-0.2, -0.15) is 0 Å². The first-order valence-electron chi connectivity index (χ1n) is 12.8. The van der Waals surface area contributed by atoms with Crippen molar-refractivity contribution in [3.8, 4) is 23.0 Å². The molecule has 0 aromatic heterocycles. The molecule has 1 aliphatic carbocycles. The number of carbonyl (C=O) groups is 3. The Labute approximate surface area is 235 Å². The van der Waals surface area contributed by atoms with Crippen molar-refractivity contribution in [1.29, 1.82) is 0 Å². The summed E-state index contributed by atoms with van der Waals surface area (Å²) in [4.78, 5) is 38.1. The predicted molar refractivity (Wildman–Crippen MR) is 145 cm³/mol. The average molecular weight is 572 g/mol. The van der Waals surface area contributed by atoms with E-state index in [2.05, 4.69) is 5.32 Å². The lowest BCUT2D eigenvalue weighted by atomic mass is 9.78. The van der Waals surface area contributed by atoms with Crippen molar-refractivity contribution in [1.82, 2.24) is 5.32 Å². The molecule has 1 saturated carbocycles. The quantitative estimate of drug-likeness (QED) is 0.131. The Morgan fingerprint density at radius 3 is 1.90 bits per heavy atom. The van der Waals surface area contributed by atoms with Crippen LogP contribution in [0.2, 0.25) is 0 Å². The van der Waals surface area contributed by atoms with Crippen LogP contribution in [0.4, 0.5) is 0 Å². The Morgan fingerprint density at radius 1 is 0.902 bits per heavy atom. The lowest BCUT2D eigenvalue weighted by Gasteiger charge is -2.42. The average Bonchev–Trinajstić information content (AvgIpc) is 2.91. The van der Waals surface area contributed by atoms with E-state index in [0.29, 0.717) is 17.5 Å². The predicted octanol–water partition coefficient (Wildman–Crippen LogP) is 1.86. The SMILES string of the molecule is CCC(C)NC(=O)[C@]1(O)C[C@@H](O)[C@@H](OC(=O)/C=C/c2ccc(O)c(O)c2)[C@H](OC(=O)/C=C/c2ccc(O)c(O)c2)C1. The van der Waals surface area contributed by atoms with Crippen LogP contribution in [0.5, 0.6) is 23.0 Å². The fourth-order valence-corrected chi connectivity index (χ4v) is 4.13. The number of nitrogens with one attached hydrogen (secondary N) is 1. The minimum atomic E-state index is -2.14. The fraction of sp³-hybridized carbons (Fsp3) is 0.345. The highest BCUT2D eigenvalue weighted by Crippen LogP contribution is 2.34. The number of benzene rings is 2. The normalized spacial score (nSPS) is 23.3. The summed E-state index contributed by atoms with van der Waals surface area (Å²) in [6, 6.07) is 7.41. The van der Waals surface area contributed by atoms with Crippen LogP contribution < -0.4 is 5.32 Å². The first-order valence-corrected chi connectivity index (χ1v) is 12.8. The van der Waals surface area contributed by atoms with Crippen LogP contribution in [0.3, 0.4) is 0 Å². The summed E-state index contributed by atoms with van der Waals surface area (Å²) in [5.41, 5.74) is -1.44. The summed E-state index contributed by atoms with van der Waals surface area (Å²) in [6.07, 6.45) is -0.360. The fourth-order valence-electron chi connectivity index (χ4n) is 4.13. The number of amides is 1. The van der Waals surface area contributed by atoms with Crippen LogP contribution in [-0.4, -0.2) is 78.4 Å². The second kappa shape index (κ2) is 13.2. The molecule has 1 fully saturated rings. The zero-order valence-corrected chi connectivity index (χ0v) is 22.4. The van der Waals surface area contributed by atoms with Crippen molar-refractivity contribution in [3.05, 3.63) is 59.7 Å². The molecular weight excluding hydrogens is 538 g/mol. The monoisotopic (exact) mass is 571 g/mol. The van der Waals surface area contributed by atoms with E-state index in [-0.39, 0.29) is 17.5 Å². The molecule has 7 N–H and O–H groups in total. The maximum Gasteiger partial charge on any atom is 0.331 e. The van der Waals surface area contributed by atoms with Crippen LogP contribution in [0.15, 0.2) is 48.6 Å². The zero-order chi connectivity index (χ0) is 30.3. The molecule has 220 valence electrons. The summed E-state index contributed by atoms with van der Waals surface area (Å²) >= 11 is 0. The van der Waals surface area contributed by atoms with E-state index >= 15 is 0 Å².